The van der Waals surface area contributed by atoms with E-state index < -0.39 is 29.9 Å². The van der Waals surface area contributed by atoms with E-state index >= 15 is 0 Å². The van der Waals surface area contributed by atoms with Crippen LogP contribution in [0.4, 0.5) is 10.6 Å². The van der Waals surface area contributed by atoms with E-state index in [0.717, 1.165) is 10.5 Å². The molecule has 1 aliphatic rings. The van der Waals surface area contributed by atoms with E-state index in [1.165, 1.54) is 6.20 Å². The number of carbonyl (C=O) groups excluding carboxylic acids is 2. The summed E-state index contributed by atoms with van der Waals surface area (Å²) in [4.78, 5) is 41.3. The highest BCUT2D eigenvalue weighted by atomic mass is 16.4. The Bertz CT molecular complexity index is 871. The molecule has 3 amide bonds. The summed E-state index contributed by atoms with van der Waals surface area (Å²) >= 11 is 0. The van der Waals surface area contributed by atoms with Gasteiger partial charge in [0.25, 0.3) is 0 Å². The van der Waals surface area contributed by atoms with Crippen LogP contribution in [0.25, 0.3) is 0 Å². The third kappa shape index (κ3) is 3.74. The zero-order valence-electron chi connectivity index (χ0n) is 14.7. The normalized spacial score (nSPS) is 19.9. The van der Waals surface area contributed by atoms with E-state index in [1.807, 2.05) is 30.3 Å². The molecule has 1 aliphatic heterocycles. The van der Waals surface area contributed by atoms with Crippen LogP contribution in [0.15, 0.2) is 48.7 Å². The van der Waals surface area contributed by atoms with Gasteiger partial charge in [0.05, 0.1) is 12.0 Å². The molecular formula is C19H20N4O4. The van der Waals surface area contributed by atoms with Gasteiger partial charge in [0.15, 0.2) is 6.04 Å². The number of aromatic nitrogens is 1. The van der Waals surface area contributed by atoms with Gasteiger partial charge in [-0.05, 0) is 36.6 Å². The number of nitrogens with two attached hydrogens (primary N) is 1. The van der Waals surface area contributed by atoms with Crippen molar-refractivity contribution in [2.24, 2.45) is 5.92 Å². The third-order valence-corrected chi connectivity index (χ3v) is 4.63. The first kappa shape index (κ1) is 18.4. The minimum atomic E-state index is -1.22. The molecule has 4 N–H and O–H groups in total. The average Bonchev–Trinajstić information content (AvgIpc) is 2.64. The highest BCUT2D eigenvalue weighted by molar-refractivity contribution is 6.07. The van der Waals surface area contributed by atoms with E-state index in [1.54, 1.807) is 19.1 Å². The zero-order valence-corrected chi connectivity index (χ0v) is 14.7. The number of urea groups is 1. The predicted octanol–water partition coefficient (Wildman–Crippen LogP) is 1.59. The van der Waals surface area contributed by atoms with Crippen molar-refractivity contribution in [2.45, 2.75) is 25.4 Å². The van der Waals surface area contributed by atoms with Crippen LogP contribution in [0.1, 0.15) is 24.1 Å². The summed E-state index contributed by atoms with van der Waals surface area (Å²) in [5.74, 6) is -2.26. The minimum Gasteiger partial charge on any atom is -0.480 e. The van der Waals surface area contributed by atoms with Gasteiger partial charge in [-0.1, -0.05) is 30.3 Å². The van der Waals surface area contributed by atoms with Crippen LogP contribution in [-0.4, -0.2) is 38.9 Å². The summed E-state index contributed by atoms with van der Waals surface area (Å²) in [6.45, 7) is 1.77. The highest BCUT2D eigenvalue weighted by Crippen LogP contribution is 2.31. The van der Waals surface area contributed by atoms with Gasteiger partial charge in [-0.15, -0.1) is 0 Å². The van der Waals surface area contributed by atoms with Crippen molar-refractivity contribution in [1.29, 1.82) is 0 Å². The molecule has 0 bridgehead atoms. The fourth-order valence-corrected chi connectivity index (χ4v) is 3.21. The van der Waals surface area contributed by atoms with Crippen molar-refractivity contribution in [3.8, 4) is 0 Å². The number of likely N-dealkylation sites (tertiary alicyclic amines) is 1. The third-order valence-electron chi connectivity index (χ3n) is 4.63. The van der Waals surface area contributed by atoms with Crippen molar-refractivity contribution < 1.29 is 19.5 Å². The molecule has 0 saturated carbocycles. The van der Waals surface area contributed by atoms with E-state index in [4.69, 9.17) is 5.73 Å². The van der Waals surface area contributed by atoms with Crippen molar-refractivity contribution in [3.05, 3.63) is 59.8 Å². The van der Waals surface area contributed by atoms with Crippen molar-refractivity contribution >= 4 is 23.7 Å². The number of carboxylic acid groups (broad SMARTS) is 1. The number of anilines is 1. The lowest BCUT2D eigenvalue weighted by molar-refractivity contribution is -0.165. The quantitative estimate of drug-likeness (QED) is 0.688. The zero-order chi connectivity index (χ0) is 19.6. The van der Waals surface area contributed by atoms with Gasteiger partial charge >= 0.3 is 12.0 Å². The second-order valence-electron chi connectivity index (χ2n) is 6.47. The first-order valence-corrected chi connectivity index (χ1v) is 8.50. The lowest BCUT2D eigenvalue weighted by atomic mass is 9.82. The molecule has 8 heteroatoms. The molecule has 0 radical (unpaired) electrons. The molecule has 1 aromatic carbocycles. The Labute approximate surface area is 156 Å². The molecule has 1 aromatic heterocycles. The maximum absolute atomic E-state index is 12.5. The van der Waals surface area contributed by atoms with Crippen molar-refractivity contribution in [2.75, 3.05) is 5.73 Å². The number of carbonyl (C=O) groups is 3. The average molecular weight is 368 g/mol. The fourth-order valence-electron chi connectivity index (χ4n) is 3.21. The SMILES string of the molecule is CC(NC(=O)N1C(=O)[C@H](Cc2ccnc(N)c2)[C@H]1C(=O)O)c1ccccc1. The second-order valence-corrected chi connectivity index (χ2v) is 6.47. The maximum Gasteiger partial charge on any atom is 0.327 e. The number of aliphatic carboxylic acids is 1. The molecule has 1 saturated heterocycles. The van der Waals surface area contributed by atoms with Gasteiger partial charge in [-0.3, -0.25) is 4.79 Å². The first-order chi connectivity index (χ1) is 12.9. The number of pyridine rings is 1. The molecular weight excluding hydrogens is 348 g/mol. The summed E-state index contributed by atoms with van der Waals surface area (Å²) in [7, 11) is 0. The molecule has 8 nitrogen and oxygen atoms in total. The number of imide groups is 1. The molecule has 0 spiro atoms. The molecule has 2 heterocycles. The minimum absolute atomic E-state index is 0.181. The van der Waals surface area contributed by atoms with Gasteiger partial charge in [0.1, 0.15) is 5.82 Å². The summed E-state index contributed by atoms with van der Waals surface area (Å²) in [6, 6.07) is 10.2. The van der Waals surface area contributed by atoms with Crippen LogP contribution in [0.3, 0.4) is 0 Å². The number of carboxylic acids is 1. The Morgan fingerprint density at radius 3 is 2.63 bits per heavy atom. The number of hydrogen-bond donors (Lipinski definition) is 3. The molecule has 1 fully saturated rings. The van der Waals surface area contributed by atoms with E-state index in [-0.39, 0.29) is 18.3 Å². The first-order valence-electron chi connectivity index (χ1n) is 8.50. The summed E-state index contributed by atoms with van der Waals surface area (Å²) < 4.78 is 0. The van der Waals surface area contributed by atoms with Gasteiger partial charge in [0, 0.05) is 6.20 Å². The molecule has 3 rings (SSSR count). The summed E-state index contributed by atoms with van der Waals surface area (Å²) in [5.41, 5.74) is 7.18. The van der Waals surface area contributed by atoms with Gasteiger partial charge < -0.3 is 16.2 Å². The Balaban J connectivity index is 1.71. The summed E-state index contributed by atoms with van der Waals surface area (Å²) in [5, 5.41) is 12.2. The number of nitrogens with one attached hydrogen (secondary N) is 1. The number of nitrogen functional groups attached to an aromatic ring is 1. The molecule has 27 heavy (non-hydrogen) atoms. The maximum atomic E-state index is 12.5. The number of amides is 3. The smallest absolute Gasteiger partial charge is 0.327 e. The van der Waals surface area contributed by atoms with Crippen LogP contribution in [0.5, 0.6) is 0 Å². The largest absolute Gasteiger partial charge is 0.480 e. The Kier molecular flexibility index (Phi) is 5.07. The molecule has 1 unspecified atom stereocenters. The van der Waals surface area contributed by atoms with Crippen LogP contribution >= 0.6 is 0 Å². The number of rotatable bonds is 5. The van der Waals surface area contributed by atoms with E-state index in [2.05, 4.69) is 10.3 Å². The lowest BCUT2D eigenvalue weighted by Gasteiger charge is -2.43. The Morgan fingerprint density at radius 2 is 2.00 bits per heavy atom. The van der Waals surface area contributed by atoms with Crippen molar-refractivity contribution in [1.82, 2.24) is 15.2 Å². The molecule has 0 aliphatic carbocycles. The topological polar surface area (TPSA) is 126 Å². The Hall–Kier alpha value is -3.42. The highest BCUT2D eigenvalue weighted by Gasteiger charge is 2.54. The van der Waals surface area contributed by atoms with Crippen LogP contribution in [0, 0.1) is 5.92 Å². The molecule has 3 atom stereocenters. The van der Waals surface area contributed by atoms with Gasteiger partial charge in [-0.2, -0.15) is 0 Å². The number of hydrogen-bond acceptors (Lipinski definition) is 5. The fraction of sp³-hybridized carbons (Fsp3) is 0.263. The summed E-state index contributed by atoms with van der Waals surface area (Å²) in [6.07, 6.45) is 1.68. The molecule has 2 aromatic rings. The Morgan fingerprint density at radius 1 is 1.30 bits per heavy atom. The number of benzene rings is 1. The van der Waals surface area contributed by atoms with Crippen LogP contribution in [0.2, 0.25) is 0 Å². The lowest BCUT2D eigenvalue weighted by Crippen LogP contribution is -2.68. The standard InChI is InChI=1S/C19H20N4O4/c1-11(13-5-3-2-4-6-13)22-19(27)23-16(18(25)26)14(17(23)24)9-12-7-8-21-15(20)10-12/h2-8,10-11,14,16H,9H2,1H3,(H2,20,21)(H,22,27)(H,25,26)/t11?,14-,16+/m1/s1. The second kappa shape index (κ2) is 7.45. The number of β-lactam (4-membered cyclic amide) rings is 1. The monoisotopic (exact) mass is 368 g/mol. The van der Waals surface area contributed by atoms with Crippen LogP contribution < -0.4 is 11.1 Å². The van der Waals surface area contributed by atoms with Crippen LogP contribution in [-0.2, 0) is 16.0 Å². The van der Waals surface area contributed by atoms with E-state index in [0.29, 0.717) is 5.56 Å². The number of nitrogens with zero attached hydrogens (tertiary/aromatic N) is 2. The van der Waals surface area contributed by atoms with Gasteiger partial charge in [-0.25, -0.2) is 19.5 Å². The van der Waals surface area contributed by atoms with Gasteiger partial charge in [0.2, 0.25) is 5.91 Å². The molecule has 140 valence electrons. The van der Waals surface area contributed by atoms with E-state index in [9.17, 15) is 19.5 Å². The van der Waals surface area contributed by atoms with Crippen molar-refractivity contribution in [3.63, 3.8) is 0 Å². The predicted molar refractivity (Wildman–Crippen MR) is 97.5 cm³/mol.